The first kappa shape index (κ1) is 15.7. The highest BCUT2D eigenvalue weighted by Crippen LogP contribution is 2.22. The first-order chi connectivity index (χ1) is 10.9. The predicted molar refractivity (Wildman–Crippen MR) is 95.8 cm³/mol. The molecule has 0 unspecified atom stereocenters. The van der Waals surface area contributed by atoms with Gasteiger partial charge in [0.15, 0.2) is 4.80 Å². The van der Waals surface area contributed by atoms with E-state index >= 15 is 0 Å². The number of amides is 1. The highest BCUT2D eigenvalue weighted by atomic mass is 32.1. The molecular formula is C19H20N2OS. The fraction of sp³-hybridized carbons (Fsp3) is 0.263. The number of carbonyl (C=O) groups excluding carboxylic acids is 1. The summed E-state index contributed by atoms with van der Waals surface area (Å²) in [6, 6.07) is 15.8. The number of aryl methyl sites for hydroxylation is 1. The second-order valence-corrected chi connectivity index (χ2v) is 7.66. The first-order valence-electron chi connectivity index (χ1n) is 7.60. The molecule has 0 aliphatic carbocycles. The van der Waals surface area contributed by atoms with Crippen molar-refractivity contribution >= 4 is 27.5 Å². The Balaban J connectivity index is 1.98. The third-order valence-electron chi connectivity index (χ3n) is 3.91. The largest absolute Gasteiger partial charge is 0.319 e. The van der Waals surface area contributed by atoms with Gasteiger partial charge in [-0.3, -0.25) is 4.79 Å². The Kier molecular flexibility index (Phi) is 3.94. The number of benzene rings is 2. The van der Waals surface area contributed by atoms with Crippen LogP contribution in [-0.4, -0.2) is 10.5 Å². The summed E-state index contributed by atoms with van der Waals surface area (Å²) in [6.45, 7) is 6.47. The normalized spacial score (nSPS) is 12.8. The van der Waals surface area contributed by atoms with Crippen LogP contribution >= 0.6 is 11.3 Å². The van der Waals surface area contributed by atoms with Crippen molar-refractivity contribution in [1.29, 1.82) is 0 Å². The quantitative estimate of drug-likeness (QED) is 0.658. The molecule has 0 radical (unpaired) electrons. The maximum atomic E-state index is 12.4. The lowest BCUT2D eigenvalue weighted by molar-refractivity contribution is 0.0998. The summed E-state index contributed by atoms with van der Waals surface area (Å²) in [4.78, 5) is 17.4. The van der Waals surface area contributed by atoms with Crippen LogP contribution < -0.4 is 4.80 Å². The number of hydrogen-bond acceptors (Lipinski definition) is 2. The fourth-order valence-corrected chi connectivity index (χ4v) is 3.47. The van der Waals surface area contributed by atoms with Gasteiger partial charge in [0.25, 0.3) is 5.91 Å². The number of hydrogen-bond donors (Lipinski definition) is 0. The molecule has 0 spiro atoms. The van der Waals surface area contributed by atoms with Gasteiger partial charge < -0.3 is 4.57 Å². The van der Waals surface area contributed by atoms with Gasteiger partial charge in [0.2, 0.25) is 0 Å². The molecule has 0 atom stereocenters. The zero-order valence-corrected chi connectivity index (χ0v) is 14.6. The molecule has 0 saturated heterocycles. The summed E-state index contributed by atoms with van der Waals surface area (Å²) in [7, 11) is 1.94. The van der Waals surface area contributed by atoms with E-state index in [1.807, 2.05) is 60.1 Å². The molecule has 0 saturated carbocycles. The van der Waals surface area contributed by atoms with Gasteiger partial charge in [-0.15, -0.1) is 0 Å². The summed E-state index contributed by atoms with van der Waals surface area (Å²) in [5.41, 5.74) is 3.00. The lowest BCUT2D eigenvalue weighted by atomic mass is 9.87. The van der Waals surface area contributed by atoms with Gasteiger partial charge in [0, 0.05) is 12.6 Å². The van der Waals surface area contributed by atoms with Crippen LogP contribution in [0.3, 0.4) is 0 Å². The third-order valence-corrected chi connectivity index (χ3v) is 5.02. The smallest absolute Gasteiger partial charge is 0.279 e. The van der Waals surface area contributed by atoms with E-state index in [-0.39, 0.29) is 11.3 Å². The van der Waals surface area contributed by atoms with Crippen molar-refractivity contribution in [3.8, 4) is 0 Å². The van der Waals surface area contributed by atoms with Gasteiger partial charge in [0.05, 0.1) is 10.2 Å². The molecule has 3 nitrogen and oxygen atoms in total. The maximum absolute atomic E-state index is 12.4. The molecule has 0 fully saturated rings. The van der Waals surface area contributed by atoms with E-state index in [1.54, 1.807) is 0 Å². The first-order valence-corrected chi connectivity index (χ1v) is 8.42. The zero-order valence-electron chi connectivity index (χ0n) is 13.8. The summed E-state index contributed by atoms with van der Waals surface area (Å²) in [5, 5.41) is 0. The lowest BCUT2D eigenvalue weighted by Crippen LogP contribution is -2.14. The summed E-state index contributed by atoms with van der Waals surface area (Å²) >= 11 is 1.53. The molecule has 1 aromatic heterocycles. The van der Waals surface area contributed by atoms with E-state index in [4.69, 9.17) is 0 Å². The number of rotatable bonds is 1. The molecule has 118 valence electrons. The Morgan fingerprint density at radius 3 is 2.30 bits per heavy atom. The highest BCUT2D eigenvalue weighted by Gasteiger charge is 2.14. The number of para-hydroxylation sites is 1. The van der Waals surface area contributed by atoms with Crippen LogP contribution in [0.15, 0.2) is 53.5 Å². The standard InChI is InChI=1S/C19H20N2OS/c1-19(2,3)14-11-9-13(10-12-14)17(22)20-18-21(4)15-7-5-6-8-16(15)23-18/h5-12H,1-4H3. The molecule has 0 N–H and O–H groups in total. The molecule has 1 amide bonds. The number of nitrogens with zero attached hydrogens (tertiary/aromatic N) is 2. The summed E-state index contributed by atoms with van der Waals surface area (Å²) < 4.78 is 3.09. The van der Waals surface area contributed by atoms with E-state index in [1.165, 1.54) is 16.9 Å². The summed E-state index contributed by atoms with van der Waals surface area (Å²) in [5.74, 6) is -0.201. The van der Waals surface area contributed by atoms with Crippen LogP contribution in [0.4, 0.5) is 0 Å². The van der Waals surface area contributed by atoms with Crippen LogP contribution in [-0.2, 0) is 12.5 Å². The van der Waals surface area contributed by atoms with Crippen LogP contribution in [0.25, 0.3) is 10.2 Å². The van der Waals surface area contributed by atoms with Crippen molar-refractivity contribution in [2.75, 3.05) is 0 Å². The second kappa shape index (κ2) is 5.78. The fourth-order valence-electron chi connectivity index (χ4n) is 2.45. The SMILES string of the molecule is Cn1c(=NC(=O)c2ccc(C(C)(C)C)cc2)sc2ccccc21. The molecule has 3 rings (SSSR count). The maximum Gasteiger partial charge on any atom is 0.279 e. The van der Waals surface area contributed by atoms with Crippen LogP contribution in [0.5, 0.6) is 0 Å². The van der Waals surface area contributed by atoms with Crippen molar-refractivity contribution in [1.82, 2.24) is 4.57 Å². The minimum Gasteiger partial charge on any atom is -0.319 e. The Labute approximate surface area is 139 Å². The van der Waals surface area contributed by atoms with Gasteiger partial charge in [0.1, 0.15) is 0 Å². The average Bonchev–Trinajstić information content (AvgIpc) is 2.83. The molecule has 0 bridgehead atoms. The van der Waals surface area contributed by atoms with E-state index in [9.17, 15) is 4.79 Å². The van der Waals surface area contributed by atoms with Gasteiger partial charge in [-0.05, 0) is 35.2 Å². The molecule has 2 aromatic carbocycles. The minimum atomic E-state index is -0.201. The Morgan fingerprint density at radius 2 is 1.70 bits per heavy atom. The molecule has 23 heavy (non-hydrogen) atoms. The van der Waals surface area contributed by atoms with Gasteiger partial charge in [-0.25, -0.2) is 0 Å². The number of fused-ring (bicyclic) bond motifs is 1. The number of carbonyl (C=O) groups is 1. The molecule has 0 aliphatic heterocycles. The van der Waals surface area contributed by atoms with Crippen molar-refractivity contribution in [3.05, 3.63) is 64.5 Å². The molecular weight excluding hydrogens is 304 g/mol. The zero-order chi connectivity index (χ0) is 16.6. The molecule has 1 heterocycles. The van der Waals surface area contributed by atoms with Crippen LogP contribution in [0, 0.1) is 0 Å². The van der Waals surface area contributed by atoms with Gasteiger partial charge in [-0.2, -0.15) is 4.99 Å². The highest BCUT2D eigenvalue weighted by molar-refractivity contribution is 7.16. The van der Waals surface area contributed by atoms with E-state index in [2.05, 4.69) is 25.8 Å². The van der Waals surface area contributed by atoms with Crippen LogP contribution in [0.1, 0.15) is 36.7 Å². The van der Waals surface area contributed by atoms with Crippen molar-refractivity contribution in [3.63, 3.8) is 0 Å². The van der Waals surface area contributed by atoms with E-state index < -0.39 is 0 Å². The topological polar surface area (TPSA) is 34.4 Å². The Hall–Kier alpha value is -2.20. The van der Waals surface area contributed by atoms with Crippen molar-refractivity contribution in [2.24, 2.45) is 12.0 Å². The molecule has 4 heteroatoms. The average molecular weight is 324 g/mol. The van der Waals surface area contributed by atoms with E-state index in [0.29, 0.717) is 5.56 Å². The molecule has 3 aromatic rings. The second-order valence-electron chi connectivity index (χ2n) is 6.66. The minimum absolute atomic E-state index is 0.0800. The predicted octanol–water partition coefficient (Wildman–Crippen LogP) is 4.28. The summed E-state index contributed by atoms with van der Waals surface area (Å²) in [6.07, 6.45) is 0. The molecule has 0 aliphatic rings. The van der Waals surface area contributed by atoms with Gasteiger partial charge >= 0.3 is 0 Å². The van der Waals surface area contributed by atoms with E-state index in [0.717, 1.165) is 15.0 Å². The van der Waals surface area contributed by atoms with Gasteiger partial charge in [-0.1, -0.05) is 56.4 Å². The number of thiazole rings is 1. The van der Waals surface area contributed by atoms with Crippen LogP contribution in [0.2, 0.25) is 0 Å². The Morgan fingerprint density at radius 1 is 1.04 bits per heavy atom. The van der Waals surface area contributed by atoms with Crippen molar-refractivity contribution < 1.29 is 4.79 Å². The lowest BCUT2D eigenvalue weighted by Gasteiger charge is -2.18. The third kappa shape index (κ3) is 3.13. The monoisotopic (exact) mass is 324 g/mol. The Bertz CT molecular complexity index is 924. The van der Waals surface area contributed by atoms with Crippen molar-refractivity contribution in [2.45, 2.75) is 26.2 Å². The number of aromatic nitrogens is 1.